The SMILES string of the molecule is O=S(=O)(c1cccc2cncc(Br)c12)N1CC[C@H](NCc2ccco2)C1. The summed E-state index contributed by atoms with van der Waals surface area (Å²) in [5.41, 5.74) is 0. The van der Waals surface area contributed by atoms with E-state index in [2.05, 4.69) is 26.2 Å². The Morgan fingerprint density at radius 1 is 1.27 bits per heavy atom. The zero-order valence-corrected chi connectivity index (χ0v) is 16.3. The van der Waals surface area contributed by atoms with Crippen LogP contribution in [0.4, 0.5) is 0 Å². The Morgan fingerprint density at radius 2 is 2.15 bits per heavy atom. The Kier molecular flexibility index (Phi) is 4.83. The minimum absolute atomic E-state index is 0.106. The van der Waals surface area contributed by atoms with Gasteiger partial charge >= 0.3 is 0 Å². The van der Waals surface area contributed by atoms with Gasteiger partial charge in [-0.2, -0.15) is 4.31 Å². The Hall–Kier alpha value is -1.74. The van der Waals surface area contributed by atoms with Crippen LogP contribution in [0.15, 0.2) is 62.8 Å². The molecule has 3 heterocycles. The lowest BCUT2D eigenvalue weighted by Crippen LogP contribution is -2.35. The van der Waals surface area contributed by atoms with Crippen molar-refractivity contribution in [1.82, 2.24) is 14.6 Å². The maximum Gasteiger partial charge on any atom is 0.243 e. The molecule has 6 nitrogen and oxygen atoms in total. The van der Waals surface area contributed by atoms with Gasteiger partial charge in [-0.3, -0.25) is 4.98 Å². The minimum Gasteiger partial charge on any atom is -0.468 e. The Morgan fingerprint density at radius 3 is 2.96 bits per heavy atom. The highest BCUT2D eigenvalue weighted by Gasteiger charge is 2.33. The molecule has 0 spiro atoms. The van der Waals surface area contributed by atoms with Crippen LogP contribution in [0.25, 0.3) is 10.8 Å². The molecule has 1 atom stereocenters. The summed E-state index contributed by atoms with van der Waals surface area (Å²) in [5.74, 6) is 0.844. The van der Waals surface area contributed by atoms with Crippen LogP contribution >= 0.6 is 15.9 Å². The van der Waals surface area contributed by atoms with E-state index in [1.54, 1.807) is 35.1 Å². The van der Waals surface area contributed by atoms with E-state index in [-0.39, 0.29) is 6.04 Å². The minimum atomic E-state index is -3.58. The van der Waals surface area contributed by atoms with Gasteiger partial charge in [-0.05, 0) is 40.5 Å². The van der Waals surface area contributed by atoms with Crippen LogP contribution < -0.4 is 5.32 Å². The number of halogens is 1. The molecule has 1 aromatic carbocycles. The lowest BCUT2D eigenvalue weighted by atomic mass is 10.2. The molecule has 0 bridgehead atoms. The molecule has 4 rings (SSSR count). The first-order chi connectivity index (χ1) is 12.6. The molecule has 0 aliphatic carbocycles. The van der Waals surface area contributed by atoms with Crippen LogP contribution in [0.2, 0.25) is 0 Å². The van der Waals surface area contributed by atoms with Crippen molar-refractivity contribution < 1.29 is 12.8 Å². The van der Waals surface area contributed by atoms with E-state index in [9.17, 15) is 8.42 Å². The number of aromatic nitrogens is 1. The van der Waals surface area contributed by atoms with Gasteiger partial charge in [-0.15, -0.1) is 0 Å². The summed E-state index contributed by atoms with van der Waals surface area (Å²) in [6.45, 7) is 1.54. The average Bonchev–Trinajstić information content (AvgIpc) is 3.32. The highest BCUT2D eigenvalue weighted by Crippen LogP contribution is 2.32. The summed E-state index contributed by atoms with van der Waals surface area (Å²) in [4.78, 5) is 4.44. The summed E-state index contributed by atoms with van der Waals surface area (Å²) in [6, 6.07) is 9.13. The molecule has 0 radical (unpaired) electrons. The zero-order valence-electron chi connectivity index (χ0n) is 13.9. The molecule has 1 saturated heterocycles. The van der Waals surface area contributed by atoms with Crippen LogP contribution in [0.3, 0.4) is 0 Å². The highest BCUT2D eigenvalue weighted by molar-refractivity contribution is 9.10. The third-order valence-electron chi connectivity index (χ3n) is 4.61. The number of fused-ring (bicyclic) bond motifs is 1. The predicted octanol–water partition coefficient (Wildman–Crippen LogP) is 3.14. The molecule has 0 saturated carbocycles. The first-order valence-electron chi connectivity index (χ1n) is 8.34. The maximum atomic E-state index is 13.2. The van der Waals surface area contributed by atoms with Crippen molar-refractivity contribution in [3.05, 3.63) is 59.2 Å². The van der Waals surface area contributed by atoms with Gasteiger partial charge < -0.3 is 9.73 Å². The van der Waals surface area contributed by atoms with Crippen molar-refractivity contribution in [3.63, 3.8) is 0 Å². The van der Waals surface area contributed by atoms with Gasteiger partial charge in [0.25, 0.3) is 0 Å². The number of nitrogens with zero attached hydrogens (tertiary/aromatic N) is 2. The van der Waals surface area contributed by atoms with Crippen LogP contribution in [0, 0.1) is 0 Å². The van der Waals surface area contributed by atoms with E-state index < -0.39 is 10.0 Å². The topological polar surface area (TPSA) is 75.4 Å². The van der Waals surface area contributed by atoms with Crippen molar-refractivity contribution >= 4 is 36.7 Å². The second kappa shape index (κ2) is 7.11. The van der Waals surface area contributed by atoms with Crippen molar-refractivity contribution in [2.75, 3.05) is 13.1 Å². The number of hydrogen-bond donors (Lipinski definition) is 1. The molecule has 136 valence electrons. The van der Waals surface area contributed by atoms with E-state index in [0.29, 0.717) is 34.4 Å². The second-order valence-electron chi connectivity index (χ2n) is 6.28. The monoisotopic (exact) mass is 435 g/mol. The molecular formula is C18H18BrN3O3S. The van der Waals surface area contributed by atoms with E-state index in [1.807, 2.05) is 18.2 Å². The first-order valence-corrected chi connectivity index (χ1v) is 10.6. The third-order valence-corrected chi connectivity index (χ3v) is 7.12. The van der Waals surface area contributed by atoms with Crippen molar-refractivity contribution in [3.8, 4) is 0 Å². The Bertz CT molecular complexity index is 1020. The lowest BCUT2D eigenvalue weighted by molar-refractivity contribution is 0.433. The molecular weight excluding hydrogens is 418 g/mol. The largest absolute Gasteiger partial charge is 0.468 e. The van der Waals surface area contributed by atoms with Gasteiger partial charge in [0.05, 0.1) is 17.7 Å². The quantitative estimate of drug-likeness (QED) is 0.665. The van der Waals surface area contributed by atoms with Gasteiger partial charge in [0.15, 0.2) is 0 Å². The van der Waals surface area contributed by atoms with Gasteiger partial charge in [0, 0.05) is 46.8 Å². The first kappa shape index (κ1) is 17.7. The summed E-state index contributed by atoms with van der Waals surface area (Å²) in [5, 5.41) is 4.84. The lowest BCUT2D eigenvalue weighted by Gasteiger charge is -2.18. The number of furan rings is 1. The molecule has 8 heteroatoms. The highest BCUT2D eigenvalue weighted by atomic mass is 79.9. The van der Waals surface area contributed by atoms with Crippen molar-refractivity contribution in [2.45, 2.75) is 23.9 Å². The van der Waals surface area contributed by atoms with Gasteiger partial charge in [0.2, 0.25) is 10.0 Å². The normalized spacial score (nSPS) is 18.6. The van der Waals surface area contributed by atoms with Crippen molar-refractivity contribution in [2.24, 2.45) is 0 Å². The van der Waals surface area contributed by atoms with E-state index >= 15 is 0 Å². The van der Waals surface area contributed by atoms with Crippen LogP contribution in [-0.2, 0) is 16.6 Å². The Balaban J connectivity index is 1.56. The third kappa shape index (κ3) is 3.29. The second-order valence-corrected chi connectivity index (χ2v) is 9.05. The molecule has 3 aromatic rings. The van der Waals surface area contributed by atoms with Gasteiger partial charge in [-0.25, -0.2) is 8.42 Å². The summed E-state index contributed by atoms with van der Waals surface area (Å²) < 4.78 is 34.0. The van der Waals surface area contributed by atoms with Crippen LogP contribution in [0.5, 0.6) is 0 Å². The molecule has 26 heavy (non-hydrogen) atoms. The number of hydrogen-bond acceptors (Lipinski definition) is 5. The smallest absolute Gasteiger partial charge is 0.243 e. The number of benzene rings is 1. The molecule has 1 fully saturated rings. The number of nitrogens with one attached hydrogen (secondary N) is 1. The van der Waals surface area contributed by atoms with E-state index in [0.717, 1.165) is 17.6 Å². The fraction of sp³-hybridized carbons (Fsp3) is 0.278. The molecule has 0 amide bonds. The predicted molar refractivity (Wildman–Crippen MR) is 102 cm³/mol. The number of sulfonamides is 1. The zero-order chi connectivity index (χ0) is 18.1. The maximum absolute atomic E-state index is 13.2. The number of rotatable bonds is 5. The van der Waals surface area contributed by atoms with Crippen molar-refractivity contribution in [1.29, 1.82) is 0 Å². The Labute approximate surface area is 160 Å². The van der Waals surface area contributed by atoms with E-state index in [1.165, 1.54) is 0 Å². The molecule has 1 N–H and O–H groups in total. The summed E-state index contributed by atoms with van der Waals surface area (Å²) >= 11 is 3.44. The fourth-order valence-electron chi connectivity index (χ4n) is 3.28. The molecule has 1 aliphatic rings. The summed E-state index contributed by atoms with van der Waals surface area (Å²) in [7, 11) is -3.58. The molecule has 1 aliphatic heterocycles. The number of pyridine rings is 1. The van der Waals surface area contributed by atoms with Gasteiger partial charge in [-0.1, -0.05) is 12.1 Å². The summed E-state index contributed by atoms with van der Waals surface area (Å²) in [6.07, 6.45) is 5.71. The standard InChI is InChI=1S/C18H18BrN3O3S/c19-16-11-20-9-13-3-1-5-17(18(13)16)26(23,24)22-7-6-14(12-22)21-10-15-4-2-8-25-15/h1-5,8-9,11,14,21H,6-7,10,12H2/t14-/m0/s1. The fourth-order valence-corrected chi connectivity index (χ4v) is 5.71. The molecule has 2 aromatic heterocycles. The van der Waals surface area contributed by atoms with Gasteiger partial charge in [0.1, 0.15) is 5.76 Å². The molecule has 0 unspecified atom stereocenters. The van der Waals surface area contributed by atoms with Crippen LogP contribution in [-0.4, -0.2) is 36.8 Å². The average molecular weight is 436 g/mol. The van der Waals surface area contributed by atoms with E-state index in [4.69, 9.17) is 4.42 Å². The van der Waals surface area contributed by atoms with Crippen LogP contribution in [0.1, 0.15) is 12.2 Å².